The molecule has 6 nitrogen and oxygen atoms in total. The molecule has 0 N–H and O–H groups in total. The molecule has 1 aliphatic rings. The second-order valence-corrected chi connectivity index (χ2v) is 10.6. The average molecular weight is 520 g/mol. The van der Waals surface area contributed by atoms with Crippen LogP contribution in [0.25, 0.3) is 17.1 Å². The lowest BCUT2D eigenvalue weighted by Crippen LogP contribution is -2.31. The number of carbonyl (C=O) groups is 2. The van der Waals surface area contributed by atoms with Crippen LogP contribution in [0.5, 0.6) is 0 Å². The first-order valence-electron chi connectivity index (χ1n) is 11.0. The van der Waals surface area contributed by atoms with Gasteiger partial charge in [-0.15, -0.1) is 0 Å². The number of aromatic nitrogens is 2. The number of thiocarbonyl (C=S) groups is 1. The van der Waals surface area contributed by atoms with Crippen LogP contribution in [0.2, 0.25) is 0 Å². The zero-order valence-electron chi connectivity index (χ0n) is 18.8. The molecule has 5 rings (SSSR count). The Balaban J connectivity index is 1.33. The summed E-state index contributed by atoms with van der Waals surface area (Å²) in [6.45, 7) is 2.26. The van der Waals surface area contributed by atoms with Gasteiger partial charge in [0, 0.05) is 24.8 Å². The molecule has 1 amide bonds. The van der Waals surface area contributed by atoms with Crippen LogP contribution in [0.3, 0.4) is 0 Å². The Kier molecular flexibility index (Phi) is 6.90. The van der Waals surface area contributed by atoms with Crippen molar-refractivity contribution in [3.63, 3.8) is 0 Å². The molecule has 9 heteroatoms. The van der Waals surface area contributed by atoms with Crippen molar-refractivity contribution in [3.05, 3.63) is 88.7 Å². The molecule has 0 atom stereocenters. The fraction of sp³-hybridized carbons (Fsp3) is 0.154. The van der Waals surface area contributed by atoms with Gasteiger partial charge in [0.25, 0.3) is 5.91 Å². The van der Waals surface area contributed by atoms with Crippen LogP contribution in [-0.2, 0) is 10.5 Å². The molecule has 35 heavy (non-hydrogen) atoms. The number of rotatable bonds is 7. The third-order valence-electron chi connectivity index (χ3n) is 5.51. The van der Waals surface area contributed by atoms with Gasteiger partial charge in [-0.1, -0.05) is 77.7 Å². The maximum atomic E-state index is 13.4. The van der Waals surface area contributed by atoms with Crippen LogP contribution in [0.1, 0.15) is 28.1 Å². The summed E-state index contributed by atoms with van der Waals surface area (Å²) in [5, 5.41) is 0.639. The van der Waals surface area contributed by atoms with E-state index in [1.54, 1.807) is 29.0 Å². The van der Waals surface area contributed by atoms with Gasteiger partial charge in [-0.3, -0.25) is 19.1 Å². The van der Waals surface area contributed by atoms with Crippen molar-refractivity contribution in [1.29, 1.82) is 0 Å². The van der Waals surface area contributed by atoms with Gasteiger partial charge in [0.15, 0.2) is 5.16 Å². The fourth-order valence-corrected chi connectivity index (χ4v) is 5.96. The van der Waals surface area contributed by atoms with E-state index in [0.717, 1.165) is 16.6 Å². The quantitative estimate of drug-likeness (QED) is 0.164. The molecule has 176 valence electrons. The smallest absolute Gasteiger partial charge is 0.266 e. The van der Waals surface area contributed by atoms with Gasteiger partial charge in [-0.2, -0.15) is 0 Å². The predicted molar refractivity (Wildman–Crippen MR) is 144 cm³/mol. The first kappa shape index (κ1) is 23.6. The molecule has 1 aliphatic heterocycles. The molecule has 2 aromatic heterocycles. The summed E-state index contributed by atoms with van der Waals surface area (Å²) in [6.07, 6.45) is 3.35. The van der Waals surface area contributed by atoms with E-state index in [4.69, 9.17) is 21.6 Å². The lowest BCUT2D eigenvalue weighted by atomic mass is 10.2. The molecule has 0 aliphatic carbocycles. The lowest BCUT2D eigenvalue weighted by molar-refractivity contribution is -0.122. The molecule has 4 aromatic rings. The lowest BCUT2D eigenvalue weighted by Gasteiger charge is -2.14. The van der Waals surface area contributed by atoms with E-state index in [1.165, 1.54) is 34.0 Å². The van der Waals surface area contributed by atoms with Crippen LogP contribution in [0, 0.1) is 6.92 Å². The summed E-state index contributed by atoms with van der Waals surface area (Å²) >= 11 is 8.15. The van der Waals surface area contributed by atoms with Crippen molar-refractivity contribution in [2.75, 3.05) is 6.54 Å². The van der Waals surface area contributed by atoms with Crippen LogP contribution < -0.4 is 0 Å². The highest BCUT2D eigenvalue weighted by Crippen LogP contribution is 2.33. The van der Waals surface area contributed by atoms with E-state index in [1.807, 2.05) is 24.3 Å². The second-order valence-electron chi connectivity index (χ2n) is 7.99. The van der Waals surface area contributed by atoms with E-state index < -0.39 is 0 Å². The number of imidazole rings is 1. The number of amides is 1. The fourth-order valence-electron chi connectivity index (χ4n) is 3.69. The van der Waals surface area contributed by atoms with Crippen molar-refractivity contribution in [3.8, 4) is 0 Å². The number of carbonyl (C=O) groups excluding carboxylic acids is 2. The van der Waals surface area contributed by atoms with Gasteiger partial charge >= 0.3 is 0 Å². The number of para-hydroxylation sites is 2. The van der Waals surface area contributed by atoms with Crippen LogP contribution >= 0.6 is 35.7 Å². The van der Waals surface area contributed by atoms with E-state index in [-0.39, 0.29) is 24.8 Å². The third-order valence-corrected chi connectivity index (χ3v) is 7.89. The summed E-state index contributed by atoms with van der Waals surface area (Å²) in [4.78, 5) is 32.9. The average Bonchev–Trinajstić information content (AvgIpc) is 3.56. The molecule has 1 saturated heterocycles. The number of hydrogen-bond donors (Lipinski definition) is 0. The molecule has 0 spiro atoms. The highest BCUT2D eigenvalue weighted by molar-refractivity contribution is 8.26. The Morgan fingerprint density at radius 1 is 1.14 bits per heavy atom. The van der Waals surface area contributed by atoms with E-state index in [9.17, 15) is 9.59 Å². The molecule has 2 aromatic carbocycles. The highest BCUT2D eigenvalue weighted by Gasteiger charge is 2.32. The van der Waals surface area contributed by atoms with E-state index in [2.05, 4.69) is 31.2 Å². The molecule has 0 bridgehead atoms. The van der Waals surface area contributed by atoms with Crippen LogP contribution in [0.15, 0.2) is 81.4 Å². The summed E-state index contributed by atoms with van der Waals surface area (Å²) in [6, 6.07) is 19.4. The summed E-state index contributed by atoms with van der Waals surface area (Å²) in [5.41, 5.74) is 3.88. The summed E-state index contributed by atoms with van der Waals surface area (Å²) < 4.78 is 7.40. The number of nitrogens with zero attached hydrogens (tertiary/aromatic N) is 3. The van der Waals surface area contributed by atoms with Crippen LogP contribution in [0.4, 0.5) is 0 Å². The standard InChI is InChI=1S/C26H21N3O3S3/c1-17-8-10-18(11-9-17)16-34-25-27-20-6-2-3-7-21(20)29(25)23(30)12-13-28-24(31)22(35-26(28)33)15-19-5-4-14-32-19/h2-11,14-15H,12-13,16H2,1H3. The Bertz CT molecular complexity index is 1440. The minimum absolute atomic E-state index is 0.124. The van der Waals surface area contributed by atoms with E-state index >= 15 is 0 Å². The van der Waals surface area contributed by atoms with Crippen molar-refractivity contribution in [1.82, 2.24) is 14.5 Å². The first-order chi connectivity index (χ1) is 17.0. The zero-order valence-corrected chi connectivity index (χ0v) is 21.3. The second kappa shape index (κ2) is 10.2. The molecular weight excluding hydrogens is 499 g/mol. The zero-order chi connectivity index (χ0) is 24.4. The number of aryl methyl sites for hydroxylation is 1. The number of furan rings is 1. The number of hydrogen-bond acceptors (Lipinski definition) is 7. The van der Waals surface area contributed by atoms with Crippen molar-refractivity contribution in [2.24, 2.45) is 0 Å². The van der Waals surface area contributed by atoms with Crippen LogP contribution in [-0.4, -0.2) is 37.1 Å². The number of thioether (sulfide) groups is 2. The topological polar surface area (TPSA) is 68.3 Å². The molecule has 3 heterocycles. The predicted octanol–water partition coefficient (Wildman–Crippen LogP) is 6.16. The monoisotopic (exact) mass is 519 g/mol. The highest BCUT2D eigenvalue weighted by atomic mass is 32.2. The van der Waals surface area contributed by atoms with Crippen molar-refractivity contribution in [2.45, 2.75) is 24.3 Å². The molecule has 0 unspecified atom stereocenters. The summed E-state index contributed by atoms with van der Waals surface area (Å²) in [5.74, 6) is 0.938. The van der Waals surface area contributed by atoms with Gasteiger partial charge in [-0.25, -0.2) is 4.98 Å². The normalized spacial score (nSPS) is 15.0. The largest absolute Gasteiger partial charge is 0.465 e. The van der Waals surface area contributed by atoms with Gasteiger partial charge in [-0.05, 0) is 36.8 Å². The van der Waals surface area contributed by atoms with Gasteiger partial charge in [0.1, 0.15) is 10.1 Å². The molecular formula is C26H21N3O3S3. The SMILES string of the molecule is Cc1ccc(CSc2nc3ccccc3n2C(=O)CCN2C(=O)C(=Cc3ccco3)SC2=S)cc1. The van der Waals surface area contributed by atoms with Gasteiger partial charge < -0.3 is 4.42 Å². The van der Waals surface area contributed by atoms with Gasteiger partial charge in [0.05, 0.1) is 22.2 Å². The Hall–Kier alpha value is -3.14. The summed E-state index contributed by atoms with van der Waals surface area (Å²) in [7, 11) is 0. The Labute approximate surface area is 216 Å². The maximum Gasteiger partial charge on any atom is 0.266 e. The van der Waals surface area contributed by atoms with Crippen molar-refractivity contribution < 1.29 is 14.0 Å². The van der Waals surface area contributed by atoms with E-state index in [0.29, 0.717) is 25.9 Å². The van der Waals surface area contributed by atoms with Crippen molar-refractivity contribution >= 4 is 69.0 Å². The molecule has 0 saturated carbocycles. The first-order valence-corrected chi connectivity index (χ1v) is 13.2. The minimum atomic E-state index is -0.214. The molecule has 0 radical (unpaired) electrons. The minimum Gasteiger partial charge on any atom is -0.465 e. The third kappa shape index (κ3) is 5.12. The Morgan fingerprint density at radius 2 is 1.94 bits per heavy atom. The number of fused-ring (bicyclic) bond motifs is 1. The maximum absolute atomic E-state index is 13.4. The number of benzene rings is 2. The Morgan fingerprint density at radius 3 is 2.71 bits per heavy atom. The van der Waals surface area contributed by atoms with Gasteiger partial charge in [0.2, 0.25) is 5.91 Å². The molecule has 1 fully saturated rings.